The van der Waals surface area contributed by atoms with Crippen LogP contribution >= 0.6 is 0 Å². The van der Waals surface area contributed by atoms with Crippen LogP contribution in [0.5, 0.6) is 0 Å². The molecule has 3 N–H and O–H groups in total. The maximum Gasteiger partial charge on any atom is 0.261 e. The summed E-state index contributed by atoms with van der Waals surface area (Å²) in [6.07, 6.45) is 3.16. The van der Waals surface area contributed by atoms with Crippen molar-refractivity contribution in [2.24, 2.45) is 0 Å². The second-order valence-electron chi connectivity index (χ2n) is 9.29. The van der Waals surface area contributed by atoms with Gasteiger partial charge in [-0.25, -0.2) is 8.42 Å². The Hall–Kier alpha value is -4.69. The SMILES string of the molecule is Cc1cccc(NS(=O)(=O)c2cccc(NC(=O)CCNC(=O)/C=C/c3ccc(-c4ccccc4)cc3)c2)c1C. The van der Waals surface area contributed by atoms with Crippen molar-refractivity contribution in [3.8, 4) is 11.1 Å². The Labute approximate surface area is 235 Å². The zero-order valence-corrected chi connectivity index (χ0v) is 23.2. The normalized spacial score (nSPS) is 11.2. The van der Waals surface area contributed by atoms with E-state index >= 15 is 0 Å². The summed E-state index contributed by atoms with van der Waals surface area (Å²) in [7, 11) is -3.85. The van der Waals surface area contributed by atoms with Crippen LogP contribution in [0.1, 0.15) is 23.1 Å². The minimum atomic E-state index is -3.85. The van der Waals surface area contributed by atoms with Gasteiger partial charge in [-0.1, -0.05) is 72.8 Å². The van der Waals surface area contributed by atoms with Gasteiger partial charge in [-0.05, 0) is 72.0 Å². The molecular weight excluding hydrogens is 522 g/mol. The van der Waals surface area contributed by atoms with Crippen LogP contribution in [0, 0.1) is 13.8 Å². The van der Waals surface area contributed by atoms with Gasteiger partial charge in [0, 0.05) is 24.7 Å². The van der Waals surface area contributed by atoms with Gasteiger partial charge in [-0.15, -0.1) is 0 Å². The maximum absolute atomic E-state index is 12.9. The Morgan fingerprint density at radius 1 is 0.800 bits per heavy atom. The van der Waals surface area contributed by atoms with Crippen LogP contribution in [0.15, 0.2) is 108 Å². The van der Waals surface area contributed by atoms with Crippen LogP contribution < -0.4 is 15.4 Å². The fourth-order valence-electron chi connectivity index (χ4n) is 3.98. The van der Waals surface area contributed by atoms with Crippen LogP contribution in [-0.2, 0) is 19.6 Å². The van der Waals surface area contributed by atoms with E-state index < -0.39 is 10.0 Å². The Morgan fingerprint density at radius 2 is 1.50 bits per heavy atom. The molecule has 0 bridgehead atoms. The first-order valence-electron chi connectivity index (χ1n) is 12.8. The number of rotatable bonds is 10. The lowest BCUT2D eigenvalue weighted by atomic mass is 10.0. The molecule has 0 saturated heterocycles. The number of hydrogen-bond donors (Lipinski definition) is 3. The highest BCUT2D eigenvalue weighted by molar-refractivity contribution is 7.92. The van der Waals surface area contributed by atoms with Crippen LogP contribution in [-0.4, -0.2) is 26.8 Å². The summed E-state index contributed by atoms with van der Waals surface area (Å²) < 4.78 is 28.4. The molecule has 4 aromatic rings. The van der Waals surface area contributed by atoms with Crippen molar-refractivity contribution in [1.29, 1.82) is 0 Å². The molecule has 0 heterocycles. The van der Waals surface area contributed by atoms with Gasteiger partial charge >= 0.3 is 0 Å². The van der Waals surface area contributed by atoms with Crippen molar-refractivity contribution in [2.75, 3.05) is 16.6 Å². The lowest BCUT2D eigenvalue weighted by Crippen LogP contribution is -2.26. The number of benzene rings is 4. The minimum Gasteiger partial charge on any atom is -0.352 e. The van der Waals surface area contributed by atoms with Gasteiger partial charge in [0.15, 0.2) is 0 Å². The van der Waals surface area contributed by atoms with Crippen LogP contribution in [0.4, 0.5) is 11.4 Å². The van der Waals surface area contributed by atoms with E-state index in [1.807, 2.05) is 74.5 Å². The summed E-state index contributed by atoms with van der Waals surface area (Å²) in [5.41, 5.74) is 5.76. The molecule has 0 unspecified atom stereocenters. The molecule has 0 fully saturated rings. The molecule has 8 heteroatoms. The monoisotopic (exact) mass is 553 g/mol. The summed E-state index contributed by atoms with van der Waals surface area (Å²) >= 11 is 0. The molecule has 4 rings (SSSR count). The molecule has 0 aliphatic rings. The molecular formula is C32H31N3O4S. The molecule has 2 amide bonds. The van der Waals surface area contributed by atoms with E-state index in [2.05, 4.69) is 15.4 Å². The van der Waals surface area contributed by atoms with E-state index in [1.165, 1.54) is 18.2 Å². The first kappa shape index (κ1) is 28.3. The maximum atomic E-state index is 12.9. The van der Waals surface area contributed by atoms with Gasteiger partial charge in [0.2, 0.25) is 11.8 Å². The van der Waals surface area contributed by atoms with Crippen molar-refractivity contribution >= 4 is 39.3 Å². The van der Waals surface area contributed by atoms with Gasteiger partial charge in [-0.2, -0.15) is 0 Å². The van der Waals surface area contributed by atoms with Crippen LogP contribution in [0.2, 0.25) is 0 Å². The van der Waals surface area contributed by atoms with E-state index in [9.17, 15) is 18.0 Å². The summed E-state index contributed by atoms with van der Waals surface area (Å²) in [4.78, 5) is 24.6. The third-order valence-electron chi connectivity index (χ3n) is 6.37. The quantitative estimate of drug-likeness (QED) is 0.212. The second kappa shape index (κ2) is 12.9. The third-order valence-corrected chi connectivity index (χ3v) is 7.74. The van der Waals surface area contributed by atoms with Crippen molar-refractivity contribution in [1.82, 2.24) is 5.32 Å². The summed E-state index contributed by atoms with van der Waals surface area (Å²) in [5, 5.41) is 5.38. The average Bonchev–Trinajstić information content (AvgIpc) is 2.95. The smallest absolute Gasteiger partial charge is 0.261 e. The Kier molecular flexibility index (Phi) is 9.14. The first-order chi connectivity index (χ1) is 19.2. The highest BCUT2D eigenvalue weighted by atomic mass is 32.2. The number of carbonyl (C=O) groups excluding carboxylic acids is 2. The highest BCUT2D eigenvalue weighted by Gasteiger charge is 2.17. The number of sulfonamides is 1. The van der Waals surface area contributed by atoms with Crippen molar-refractivity contribution in [3.63, 3.8) is 0 Å². The number of nitrogens with one attached hydrogen (secondary N) is 3. The minimum absolute atomic E-state index is 0.0291. The van der Waals surface area contributed by atoms with Gasteiger partial charge in [0.05, 0.1) is 10.6 Å². The van der Waals surface area contributed by atoms with Crippen molar-refractivity contribution < 1.29 is 18.0 Å². The van der Waals surface area contributed by atoms with Crippen molar-refractivity contribution in [3.05, 3.63) is 120 Å². The number of anilines is 2. The van der Waals surface area contributed by atoms with E-state index in [0.29, 0.717) is 11.4 Å². The molecule has 0 aromatic heterocycles. The van der Waals surface area contributed by atoms with Gasteiger partial charge in [-0.3, -0.25) is 14.3 Å². The van der Waals surface area contributed by atoms with Crippen molar-refractivity contribution in [2.45, 2.75) is 25.2 Å². The Morgan fingerprint density at radius 3 is 2.25 bits per heavy atom. The number of amides is 2. The molecule has 0 spiro atoms. The first-order valence-corrected chi connectivity index (χ1v) is 14.3. The van der Waals surface area contributed by atoms with E-state index in [4.69, 9.17) is 0 Å². The largest absolute Gasteiger partial charge is 0.352 e. The summed E-state index contributed by atoms with van der Waals surface area (Å²) in [6.45, 7) is 3.89. The second-order valence-corrected chi connectivity index (χ2v) is 11.0. The predicted molar refractivity (Wildman–Crippen MR) is 160 cm³/mol. The van der Waals surface area contributed by atoms with Gasteiger partial charge in [0.25, 0.3) is 10.0 Å². The molecule has 4 aromatic carbocycles. The topological polar surface area (TPSA) is 104 Å². The summed E-state index contributed by atoms with van der Waals surface area (Å²) in [6, 6.07) is 29.3. The predicted octanol–water partition coefficient (Wildman–Crippen LogP) is 5.93. The van der Waals surface area contributed by atoms with Crippen LogP contribution in [0.25, 0.3) is 17.2 Å². The third kappa shape index (κ3) is 7.68. The van der Waals surface area contributed by atoms with Crippen LogP contribution in [0.3, 0.4) is 0 Å². The van der Waals surface area contributed by atoms with E-state index in [-0.39, 0.29) is 29.7 Å². The molecule has 40 heavy (non-hydrogen) atoms. The summed E-state index contributed by atoms with van der Waals surface area (Å²) in [5.74, 6) is -0.664. The number of hydrogen-bond acceptors (Lipinski definition) is 4. The molecule has 0 aliphatic carbocycles. The highest BCUT2D eigenvalue weighted by Crippen LogP contribution is 2.23. The zero-order valence-electron chi connectivity index (χ0n) is 22.3. The Balaban J connectivity index is 1.26. The lowest BCUT2D eigenvalue weighted by molar-refractivity contribution is -0.117. The lowest BCUT2D eigenvalue weighted by Gasteiger charge is -2.13. The number of carbonyl (C=O) groups is 2. The fourth-order valence-corrected chi connectivity index (χ4v) is 5.15. The molecule has 0 radical (unpaired) electrons. The van der Waals surface area contributed by atoms with Gasteiger partial charge in [0.1, 0.15) is 0 Å². The fraction of sp³-hybridized carbons (Fsp3) is 0.125. The standard InChI is InChI=1S/C32H31N3O4S/c1-23-8-6-13-30(24(23)2)35-40(38,39)29-12-7-11-28(22-29)34-32(37)20-21-33-31(36)19-16-25-14-17-27(18-15-25)26-9-4-3-5-10-26/h3-19,22,35H,20-21H2,1-2H3,(H,33,36)(H,34,37)/b19-16+. The molecule has 0 saturated carbocycles. The Bertz CT molecular complexity index is 1630. The molecule has 7 nitrogen and oxygen atoms in total. The van der Waals surface area contributed by atoms with E-state index in [1.54, 1.807) is 30.3 Å². The molecule has 0 atom stereocenters. The molecule has 204 valence electrons. The van der Waals surface area contributed by atoms with Gasteiger partial charge < -0.3 is 10.6 Å². The van der Waals surface area contributed by atoms with E-state index in [0.717, 1.165) is 27.8 Å². The number of aryl methyl sites for hydroxylation is 1. The molecule has 0 aliphatic heterocycles. The average molecular weight is 554 g/mol. The zero-order chi connectivity index (χ0) is 28.5.